The van der Waals surface area contributed by atoms with E-state index >= 15 is 0 Å². The molecule has 0 bridgehead atoms. The van der Waals surface area contributed by atoms with Crippen LogP contribution < -0.4 is 15.4 Å². The van der Waals surface area contributed by atoms with Gasteiger partial charge in [-0.1, -0.05) is 42.5 Å². The Bertz CT molecular complexity index is 907. The van der Waals surface area contributed by atoms with Crippen LogP contribution in [0.1, 0.15) is 31.0 Å². The highest BCUT2D eigenvalue weighted by Gasteiger charge is 2.15. The van der Waals surface area contributed by atoms with Crippen molar-refractivity contribution in [1.29, 1.82) is 0 Å². The molecule has 0 aliphatic heterocycles. The number of aryl methyl sites for hydroxylation is 1. The van der Waals surface area contributed by atoms with Crippen LogP contribution in [0.25, 0.3) is 0 Å². The van der Waals surface area contributed by atoms with E-state index in [0.29, 0.717) is 5.75 Å². The number of anilines is 2. The first-order chi connectivity index (χ1) is 13.5. The normalized spacial score (nSPS) is 12.7. The van der Waals surface area contributed by atoms with E-state index in [1.807, 2.05) is 73.7 Å². The minimum Gasteiger partial charge on any atom is -0.481 e. The summed E-state index contributed by atoms with van der Waals surface area (Å²) < 4.78 is 5.73. The molecule has 1 amide bonds. The molecular formula is C24H26N2O2. The molecule has 28 heavy (non-hydrogen) atoms. The highest BCUT2D eigenvalue weighted by atomic mass is 16.5. The molecule has 3 aromatic rings. The quantitative estimate of drug-likeness (QED) is 0.568. The van der Waals surface area contributed by atoms with E-state index in [-0.39, 0.29) is 11.9 Å². The van der Waals surface area contributed by atoms with Crippen molar-refractivity contribution in [1.82, 2.24) is 0 Å². The van der Waals surface area contributed by atoms with Crippen molar-refractivity contribution in [2.24, 2.45) is 0 Å². The van der Waals surface area contributed by atoms with Gasteiger partial charge in [0.25, 0.3) is 5.91 Å². The number of carbonyl (C=O) groups is 1. The Morgan fingerprint density at radius 1 is 0.857 bits per heavy atom. The molecule has 0 saturated carbocycles. The lowest BCUT2D eigenvalue weighted by atomic mass is 10.1. The summed E-state index contributed by atoms with van der Waals surface area (Å²) in [5.74, 6) is 0.511. The van der Waals surface area contributed by atoms with Gasteiger partial charge in [-0.3, -0.25) is 4.79 Å². The van der Waals surface area contributed by atoms with E-state index in [1.165, 1.54) is 5.56 Å². The molecule has 3 rings (SSSR count). The zero-order valence-corrected chi connectivity index (χ0v) is 16.5. The Kier molecular flexibility index (Phi) is 6.33. The number of carbonyl (C=O) groups excluding carboxylic acids is 1. The van der Waals surface area contributed by atoms with Crippen molar-refractivity contribution in [3.63, 3.8) is 0 Å². The van der Waals surface area contributed by atoms with E-state index in [0.717, 1.165) is 16.9 Å². The Morgan fingerprint density at radius 3 is 2.21 bits per heavy atom. The van der Waals surface area contributed by atoms with E-state index in [4.69, 9.17) is 4.74 Å². The highest BCUT2D eigenvalue weighted by Crippen LogP contribution is 2.21. The molecule has 144 valence electrons. The third kappa shape index (κ3) is 5.36. The fraction of sp³-hybridized carbons (Fsp3) is 0.208. The van der Waals surface area contributed by atoms with Gasteiger partial charge >= 0.3 is 0 Å². The predicted molar refractivity (Wildman–Crippen MR) is 115 cm³/mol. The molecule has 0 heterocycles. The average molecular weight is 374 g/mol. The summed E-state index contributed by atoms with van der Waals surface area (Å²) in [5, 5.41) is 6.36. The second-order valence-electron chi connectivity index (χ2n) is 6.92. The molecule has 0 aliphatic carbocycles. The van der Waals surface area contributed by atoms with Crippen molar-refractivity contribution in [3.05, 3.63) is 90.0 Å². The maximum atomic E-state index is 12.4. The van der Waals surface area contributed by atoms with E-state index in [9.17, 15) is 4.79 Å². The summed E-state index contributed by atoms with van der Waals surface area (Å²) in [6.07, 6.45) is -0.585. The molecule has 4 heteroatoms. The van der Waals surface area contributed by atoms with Crippen LogP contribution in [-0.4, -0.2) is 12.0 Å². The van der Waals surface area contributed by atoms with E-state index in [2.05, 4.69) is 29.7 Å². The van der Waals surface area contributed by atoms with Gasteiger partial charge in [0.1, 0.15) is 5.75 Å². The smallest absolute Gasteiger partial charge is 0.265 e. The summed E-state index contributed by atoms with van der Waals surface area (Å²) in [4.78, 5) is 12.4. The molecule has 4 nitrogen and oxygen atoms in total. The maximum Gasteiger partial charge on any atom is 0.265 e. The Labute approximate surface area is 166 Å². The molecule has 0 fully saturated rings. The molecule has 0 saturated heterocycles. The molecule has 2 N–H and O–H groups in total. The van der Waals surface area contributed by atoms with Crippen LogP contribution in [0.2, 0.25) is 0 Å². The molecule has 0 aromatic heterocycles. The second-order valence-corrected chi connectivity index (χ2v) is 6.92. The number of benzene rings is 3. The average Bonchev–Trinajstić information content (AvgIpc) is 2.70. The fourth-order valence-corrected chi connectivity index (χ4v) is 2.92. The zero-order valence-electron chi connectivity index (χ0n) is 16.5. The molecular weight excluding hydrogens is 348 g/mol. The van der Waals surface area contributed by atoms with Gasteiger partial charge < -0.3 is 15.4 Å². The van der Waals surface area contributed by atoms with Crippen molar-refractivity contribution >= 4 is 17.3 Å². The summed E-state index contributed by atoms with van der Waals surface area (Å²) in [7, 11) is 0. The lowest BCUT2D eigenvalue weighted by molar-refractivity contribution is -0.122. The number of hydrogen-bond donors (Lipinski definition) is 2. The van der Waals surface area contributed by atoms with Crippen molar-refractivity contribution < 1.29 is 9.53 Å². The van der Waals surface area contributed by atoms with E-state index < -0.39 is 6.10 Å². The minimum atomic E-state index is -0.585. The molecule has 2 unspecified atom stereocenters. The standard InChI is InChI=1S/C24H26N2O2/c1-17-8-7-11-23(16-17)28-19(3)24(27)26-22-14-12-21(13-15-22)25-18(2)20-9-5-4-6-10-20/h4-16,18-19,25H,1-3H3,(H,26,27). The number of ether oxygens (including phenoxy) is 1. The van der Waals surface area contributed by atoms with Crippen LogP contribution in [-0.2, 0) is 4.79 Å². The largest absolute Gasteiger partial charge is 0.481 e. The minimum absolute atomic E-state index is 0.181. The number of rotatable bonds is 7. The fourth-order valence-electron chi connectivity index (χ4n) is 2.92. The van der Waals surface area contributed by atoms with Crippen LogP contribution in [0.15, 0.2) is 78.9 Å². The Hall–Kier alpha value is -3.27. The lowest BCUT2D eigenvalue weighted by Gasteiger charge is -2.17. The number of amides is 1. The van der Waals surface area contributed by atoms with Crippen molar-refractivity contribution in [3.8, 4) is 5.75 Å². The van der Waals surface area contributed by atoms with Crippen LogP contribution in [0.3, 0.4) is 0 Å². The van der Waals surface area contributed by atoms with Crippen LogP contribution in [0.4, 0.5) is 11.4 Å². The molecule has 0 radical (unpaired) electrons. The zero-order chi connectivity index (χ0) is 19.9. The van der Waals surface area contributed by atoms with Gasteiger partial charge in [-0.2, -0.15) is 0 Å². The molecule has 3 aromatic carbocycles. The maximum absolute atomic E-state index is 12.4. The third-order valence-electron chi connectivity index (χ3n) is 4.51. The van der Waals surface area contributed by atoms with E-state index in [1.54, 1.807) is 6.92 Å². The molecule has 0 spiro atoms. The van der Waals surface area contributed by atoms with Gasteiger partial charge in [-0.15, -0.1) is 0 Å². The van der Waals surface area contributed by atoms with Gasteiger partial charge in [-0.05, 0) is 68.3 Å². The Morgan fingerprint density at radius 2 is 1.54 bits per heavy atom. The molecule has 2 atom stereocenters. The predicted octanol–water partition coefficient (Wildman–Crippen LogP) is 5.57. The summed E-state index contributed by atoms with van der Waals surface area (Å²) in [6.45, 7) is 5.86. The van der Waals surface area contributed by atoms with Gasteiger partial charge in [-0.25, -0.2) is 0 Å². The second kappa shape index (κ2) is 9.09. The SMILES string of the molecule is Cc1cccc(OC(C)C(=O)Nc2ccc(NC(C)c3ccccc3)cc2)c1. The van der Waals surface area contributed by atoms with Crippen molar-refractivity contribution in [2.75, 3.05) is 10.6 Å². The Balaban J connectivity index is 1.55. The first-order valence-corrected chi connectivity index (χ1v) is 9.47. The highest BCUT2D eigenvalue weighted by molar-refractivity contribution is 5.94. The number of nitrogens with one attached hydrogen (secondary N) is 2. The van der Waals surface area contributed by atoms with Crippen molar-refractivity contribution in [2.45, 2.75) is 32.9 Å². The van der Waals surface area contributed by atoms with Gasteiger partial charge in [0.2, 0.25) is 0 Å². The summed E-state index contributed by atoms with van der Waals surface area (Å²) in [6, 6.07) is 25.8. The third-order valence-corrected chi connectivity index (χ3v) is 4.51. The van der Waals surface area contributed by atoms with Crippen LogP contribution >= 0.6 is 0 Å². The first kappa shape index (κ1) is 19.5. The lowest BCUT2D eigenvalue weighted by Crippen LogP contribution is -2.30. The first-order valence-electron chi connectivity index (χ1n) is 9.47. The number of hydrogen-bond acceptors (Lipinski definition) is 3. The topological polar surface area (TPSA) is 50.4 Å². The summed E-state index contributed by atoms with van der Waals surface area (Å²) in [5.41, 5.74) is 4.06. The monoisotopic (exact) mass is 374 g/mol. The van der Waals surface area contributed by atoms with Crippen LogP contribution in [0.5, 0.6) is 5.75 Å². The van der Waals surface area contributed by atoms with Crippen LogP contribution in [0, 0.1) is 6.92 Å². The van der Waals surface area contributed by atoms with Gasteiger partial charge in [0, 0.05) is 17.4 Å². The van der Waals surface area contributed by atoms with Gasteiger partial charge in [0.15, 0.2) is 6.10 Å². The molecule has 0 aliphatic rings. The summed E-state index contributed by atoms with van der Waals surface area (Å²) >= 11 is 0. The van der Waals surface area contributed by atoms with Gasteiger partial charge in [0.05, 0.1) is 0 Å².